The van der Waals surface area contributed by atoms with E-state index in [1.54, 1.807) is 6.33 Å². The Morgan fingerprint density at radius 2 is 2.64 bits per heavy atom. The molecule has 2 unspecified atom stereocenters. The van der Waals surface area contributed by atoms with E-state index < -0.39 is 0 Å². The fourth-order valence-corrected chi connectivity index (χ4v) is 1.82. The molecule has 0 spiro atoms. The SMILES string of the molecule is CC1CC(NCc2cnc[nH]2)CCO1. The Kier molecular flexibility index (Phi) is 3.16. The Balaban J connectivity index is 1.75. The highest BCUT2D eigenvalue weighted by atomic mass is 16.5. The summed E-state index contributed by atoms with van der Waals surface area (Å²) in [4.78, 5) is 7.06. The van der Waals surface area contributed by atoms with E-state index in [1.807, 2.05) is 6.20 Å². The van der Waals surface area contributed by atoms with Gasteiger partial charge in [-0.1, -0.05) is 0 Å². The van der Waals surface area contributed by atoms with Crippen LogP contribution in [0.2, 0.25) is 0 Å². The van der Waals surface area contributed by atoms with Crippen LogP contribution in [0.3, 0.4) is 0 Å². The number of imidazole rings is 1. The molecule has 4 nitrogen and oxygen atoms in total. The Morgan fingerprint density at radius 1 is 1.71 bits per heavy atom. The van der Waals surface area contributed by atoms with Crippen molar-refractivity contribution < 1.29 is 4.74 Å². The number of hydrogen-bond donors (Lipinski definition) is 2. The second-order valence-electron chi connectivity index (χ2n) is 3.86. The summed E-state index contributed by atoms with van der Waals surface area (Å²) in [6, 6.07) is 0.585. The highest BCUT2D eigenvalue weighted by Crippen LogP contribution is 2.13. The Bertz CT molecular complexity index is 260. The lowest BCUT2D eigenvalue weighted by Crippen LogP contribution is -2.37. The largest absolute Gasteiger partial charge is 0.378 e. The summed E-state index contributed by atoms with van der Waals surface area (Å²) >= 11 is 0. The lowest BCUT2D eigenvalue weighted by atomic mass is 10.0. The second kappa shape index (κ2) is 4.57. The van der Waals surface area contributed by atoms with E-state index in [0.717, 1.165) is 31.7 Å². The van der Waals surface area contributed by atoms with Gasteiger partial charge < -0.3 is 15.0 Å². The van der Waals surface area contributed by atoms with Crippen molar-refractivity contribution in [3.63, 3.8) is 0 Å². The highest BCUT2D eigenvalue weighted by molar-refractivity contribution is 4.94. The average Bonchev–Trinajstić information content (AvgIpc) is 2.67. The molecule has 1 aromatic heterocycles. The predicted molar refractivity (Wildman–Crippen MR) is 53.9 cm³/mol. The molecule has 1 saturated heterocycles. The number of H-pyrrole nitrogens is 1. The smallest absolute Gasteiger partial charge is 0.0922 e. The zero-order valence-corrected chi connectivity index (χ0v) is 8.49. The first kappa shape index (κ1) is 9.68. The summed E-state index contributed by atoms with van der Waals surface area (Å²) in [7, 11) is 0. The summed E-state index contributed by atoms with van der Waals surface area (Å²) in [6.45, 7) is 3.88. The topological polar surface area (TPSA) is 49.9 Å². The number of aromatic nitrogens is 2. The normalized spacial score (nSPS) is 27.8. The third-order valence-corrected chi connectivity index (χ3v) is 2.62. The molecule has 14 heavy (non-hydrogen) atoms. The molecular formula is C10H17N3O. The van der Waals surface area contributed by atoms with Crippen LogP contribution in [-0.2, 0) is 11.3 Å². The minimum Gasteiger partial charge on any atom is -0.378 e. The molecule has 1 aliphatic heterocycles. The Labute approximate surface area is 84.1 Å². The molecule has 2 atom stereocenters. The van der Waals surface area contributed by atoms with E-state index in [2.05, 4.69) is 22.2 Å². The number of nitrogens with one attached hydrogen (secondary N) is 2. The summed E-state index contributed by atoms with van der Waals surface area (Å²) < 4.78 is 5.48. The Hall–Kier alpha value is -0.870. The van der Waals surface area contributed by atoms with Crippen molar-refractivity contribution in [1.82, 2.24) is 15.3 Å². The van der Waals surface area contributed by atoms with Crippen molar-refractivity contribution in [2.75, 3.05) is 6.61 Å². The average molecular weight is 195 g/mol. The van der Waals surface area contributed by atoms with Crippen LogP contribution in [0.5, 0.6) is 0 Å². The van der Waals surface area contributed by atoms with Crippen molar-refractivity contribution in [2.24, 2.45) is 0 Å². The molecule has 0 aromatic carbocycles. The lowest BCUT2D eigenvalue weighted by molar-refractivity contribution is 0.0130. The van der Waals surface area contributed by atoms with Crippen LogP contribution in [0.4, 0.5) is 0 Å². The number of nitrogens with zero attached hydrogens (tertiary/aromatic N) is 1. The van der Waals surface area contributed by atoms with Crippen LogP contribution in [0.25, 0.3) is 0 Å². The number of hydrogen-bond acceptors (Lipinski definition) is 3. The highest BCUT2D eigenvalue weighted by Gasteiger charge is 2.18. The maximum absolute atomic E-state index is 5.48. The van der Waals surface area contributed by atoms with E-state index in [-0.39, 0.29) is 0 Å². The molecule has 1 fully saturated rings. The van der Waals surface area contributed by atoms with Crippen LogP contribution in [-0.4, -0.2) is 28.7 Å². The molecule has 78 valence electrons. The van der Waals surface area contributed by atoms with E-state index in [0.29, 0.717) is 12.1 Å². The zero-order chi connectivity index (χ0) is 9.80. The van der Waals surface area contributed by atoms with E-state index >= 15 is 0 Å². The molecule has 4 heteroatoms. The van der Waals surface area contributed by atoms with E-state index in [4.69, 9.17) is 4.74 Å². The summed E-state index contributed by atoms with van der Waals surface area (Å²) in [5.74, 6) is 0. The molecule has 2 heterocycles. The van der Waals surface area contributed by atoms with Crippen LogP contribution < -0.4 is 5.32 Å². The standard InChI is InChI=1S/C10H17N3O/c1-8-4-9(2-3-14-8)12-6-10-5-11-7-13-10/h5,7-9,12H,2-4,6H2,1H3,(H,11,13). The predicted octanol–water partition coefficient (Wildman–Crippen LogP) is 1.07. The molecule has 0 amide bonds. The molecule has 1 aliphatic rings. The first-order valence-electron chi connectivity index (χ1n) is 5.17. The third-order valence-electron chi connectivity index (χ3n) is 2.62. The van der Waals surface area contributed by atoms with Gasteiger partial charge in [-0.05, 0) is 19.8 Å². The minimum atomic E-state index is 0.392. The van der Waals surface area contributed by atoms with E-state index in [9.17, 15) is 0 Å². The summed E-state index contributed by atoms with van der Waals surface area (Å²) in [5, 5.41) is 3.50. The number of aromatic amines is 1. The van der Waals surface area contributed by atoms with Gasteiger partial charge in [0.05, 0.1) is 12.4 Å². The van der Waals surface area contributed by atoms with Gasteiger partial charge in [0.15, 0.2) is 0 Å². The van der Waals surface area contributed by atoms with Gasteiger partial charge in [-0.3, -0.25) is 0 Å². The van der Waals surface area contributed by atoms with Gasteiger partial charge in [-0.25, -0.2) is 4.98 Å². The van der Waals surface area contributed by atoms with Gasteiger partial charge in [0, 0.05) is 31.1 Å². The summed E-state index contributed by atoms with van der Waals surface area (Å²) in [5.41, 5.74) is 1.14. The molecule has 0 aliphatic carbocycles. The van der Waals surface area contributed by atoms with Crippen LogP contribution in [0, 0.1) is 0 Å². The van der Waals surface area contributed by atoms with E-state index in [1.165, 1.54) is 0 Å². The Morgan fingerprint density at radius 3 is 3.36 bits per heavy atom. The van der Waals surface area contributed by atoms with Crippen LogP contribution in [0.1, 0.15) is 25.5 Å². The van der Waals surface area contributed by atoms with Crippen molar-refractivity contribution >= 4 is 0 Å². The molecule has 2 rings (SSSR count). The first-order valence-corrected chi connectivity index (χ1v) is 5.17. The molecule has 0 saturated carbocycles. The maximum atomic E-state index is 5.48. The maximum Gasteiger partial charge on any atom is 0.0922 e. The van der Waals surface area contributed by atoms with Gasteiger partial charge in [0.25, 0.3) is 0 Å². The molecule has 0 bridgehead atoms. The fraction of sp³-hybridized carbons (Fsp3) is 0.700. The van der Waals surface area contributed by atoms with Crippen LogP contribution >= 0.6 is 0 Å². The van der Waals surface area contributed by atoms with Gasteiger partial charge >= 0.3 is 0 Å². The van der Waals surface area contributed by atoms with Crippen molar-refractivity contribution in [1.29, 1.82) is 0 Å². The summed E-state index contributed by atoms with van der Waals surface area (Å²) in [6.07, 6.45) is 6.18. The van der Waals surface area contributed by atoms with Gasteiger partial charge in [-0.15, -0.1) is 0 Å². The third kappa shape index (κ3) is 2.56. The number of ether oxygens (including phenoxy) is 1. The molecular weight excluding hydrogens is 178 g/mol. The minimum absolute atomic E-state index is 0.392. The van der Waals surface area contributed by atoms with Crippen molar-refractivity contribution in [2.45, 2.75) is 38.5 Å². The van der Waals surface area contributed by atoms with Crippen LogP contribution in [0.15, 0.2) is 12.5 Å². The zero-order valence-electron chi connectivity index (χ0n) is 8.49. The van der Waals surface area contributed by atoms with Gasteiger partial charge in [0.2, 0.25) is 0 Å². The molecule has 2 N–H and O–H groups in total. The lowest BCUT2D eigenvalue weighted by Gasteiger charge is -2.27. The molecule has 0 radical (unpaired) electrons. The van der Waals surface area contributed by atoms with Gasteiger partial charge in [-0.2, -0.15) is 0 Å². The number of rotatable bonds is 3. The second-order valence-corrected chi connectivity index (χ2v) is 3.86. The first-order chi connectivity index (χ1) is 6.84. The monoisotopic (exact) mass is 195 g/mol. The van der Waals surface area contributed by atoms with Crippen molar-refractivity contribution in [3.05, 3.63) is 18.2 Å². The fourth-order valence-electron chi connectivity index (χ4n) is 1.82. The quantitative estimate of drug-likeness (QED) is 0.758. The van der Waals surface area contributed by atoms with Gasteiger partial charge in [0.1, 0.15) is 0 Å². The molecule has 1 aromatic rings. The van der Waals surface area contributed by atoms with Crippen molar-refractivity contribution in [3.8, 4) is 0 Å².